The third kappa shape index (κ3) is 9.24. The van der Waals surface area contributed by atoms with Gasteiger partial charge < -0.3 is 18.9 Å². The van der Waals surface area contributed by atoms with Gasteiger partial charge in [0.2, 0.25) is 10.0 Å². The number of phosphoric acid groups is 1. The molecule has 20 heavy (non-hydrogen) atoms. The maximum Gasteiger partial charge on any atom is 1.00 e. The molecule has 1 N–H and O–H groups in total. The Bertz CT molecular complexity index is 549. The topological polar surface area (TPSA) is 119 Å². The van der Waals surface area contributed by atoms with Gasteiger partial charge in [-0.2, -0.15) is 0 Å². The third-order valence-corrected chi connectivity index (χ3v) is 3.74. The first-order chi connectivity index (χ1) is 8.21. The summed E-state index contributed by atoms with van der Waals surface area (Å²) in [6.45, 7) is -1.00. The zero-order chi connectivity index (χ0) is 13.8. The fourth-order valence-electron chi connectivity index (χ4n) is 1.03. The van der Waals surface area contributed by atoms with Crippen LogP contribution in [0.25, 0.3) is 0 Å². The first-order valence-corrected chi connectivity index (χ1v) is 7.57. The Morgan fingerprint density at radius 2 is 1.70 bits per heavy atom. The van der Waals surface area contributed by atoms with E-state index in [2.05, 4.69) is 4.52 Å². The molecule has 7 nitrogen and oxygen atoms in total. The maximum atomic E-state index is 12.6. The Balaban J connectivity index is 0. The second-order valence-corrected chi connectivity index (χ2v) is 6.05. The second kappa shape index (κ2) is 10.0. The number of hydrogen-bond acceptors (Lipinski definition) is 6. The number of rotatable bonds is 6. The molecule has 0 saturated heterocycles. The molecule has 0 saturated carbocycles. The summed E-state index contributed by atoms with van der Waals surface area (Å²) in [5.74, 6) is -0.587. The molecule has 0 fully saturated rings. The second-order valence-electron chi connectivity index (χ2n) is 3.13. The van der Waals surface area contributed by atoms with Gasteiger partial charge in [0.25, 0.3) is 0 Å². The summed E-state index contributed by atoms with van der Waals surface area (Å²) in [5, 5.41) is 0. The zero-order valence-corrected chi connectivity index (χ0v) is 16.6. The van der Waals surface area contributed by atoms with Crippen LogP contribution in [0.3, 0.4) is 0 Å². The summed E-state index contributed by atoms with van der Waals surface area (Å²) in [7, 11) is -9.00. The van der Waals surface area contributed by atoms with Crippen molar-refractivity contribution in [2.75, 3.05) is 13.2 Å². The van der Waals surface area contributed by atoms with Crippen molar-refractivity contribution in [1.82, 2.24) is 4.72 Å². The Labute approximate surface area is 160 Å². The fraction of sp³-hybridized carbons (Fsp3) is 0.250. The largest absolute Gasteiger partial charge is 1.00 e. The van der Waals surface area contributed by atoms with E-state index in [0.29, 0.717) is 0 Å². The third-order valence-electron chi connectivity index (χ3n) is 1.77. The molecule has 1 aromatic carbocycles. The molecule has 1 aromatic rings. The van der Waals surface area contributed by atoms with E-state index in [4.69, 9.17) is 0 Å². The average molecular weight is 343 g/mol. The van der Waals surface area contributed by atoms with Crippen LogP contribution in [0.1, 0.15) is 0 Å². The Hall–Kier alpha value is 1.17. The smallest absolute Gasteiger partial charge is 0.790 e. The standard InChI is InChI=1S/C8H11FNO6PS.2Na/c9-7-1-3-8(4-2-7)18(14,15)10-5-6-16-17(11,12)13;;/h1-4,10H,5-6H2,(H2,11,12,13);;/q;2*+1/p-2. The monoisotopic (exact) mass is 343 g/mol. The van der Waals surface area contributed by atoms with Crippen LogP contribution >= 0.6 is 7.82 Å². The van der Waals surface area contributed by atoms with Gasteiger partial charge >= 0.3 is 59.1 Å². The number of nitrogens with one attached hydrogen (secondary N) is 1. The van der Waals surface area contributed by atoms with E-state index in [1.807, 2.05) is 4.72 Å². The Morgan fingerprint density at radius 1 is 1.20 bits per heavy atom. The fourth-order valence-corrected chi connectivity index (χ4v) is 2.36. The molecule has 1 rings (SSSR count). The Kier molecular flexibility index (Phi) is 11.8. The van der Waals surface area contributed by atoms with E-state index in [0.717, 1.165) is 24.3 Å². The first-order valence-electron chi connectivity index (χ1n) is 4.62. The molecule has 0 amide bonds. The van der Waals surface area contributed by atoms with Gasteiger partial charge in [-0.3, -0.25) is 0 Å². The maximum absolute atomic E-state index is 12.6. The van der Waals surface area contributed by atoms with E-state index in [9.17, 15) is 27.2 Å². The molecule has 0 aliphatic rings. The van der Waals surface area contributed by atoms with Gasteiger partial charge in [-0.05, 0) is 24.3 Å². The van der Waals surface area contributed by atoms with Gasteiger partial charge in [0.05, 0.1) is 19.3 Å². The van der Waals surface area contributed by atoms with Crippen molar-refractivity contribution in [3.05, 3.63) is 30.1 Å². The van der Waals surface area contributed by atoms with Crippen LogP contribution in [0.5, 0.6) is 0 Å². The molecule has 0 unspecified atom stereocenters. The molecule has 0 aliphatic heterocycles. The normalized spacial score (nSPS) is 11.3. The van der Waals surface area contributed by atoms with Crippen molar-refractivity contribution in [3.63, 3.8) is 0 Å². The number of benzene rings is 1. The molecule has 0 radical (unpaired) electrons. The summed E-state index contributed by atoms with van der Waals surface area (Å²) in [6, 6.07) is 4.03. The van der Waals surface area contributed by atoms with Crippen molar-refractivity contribution in [1.29, 1.82) is 0 Å². The van der Waals surface area contributed by atoms with Gasteiger partial charge in [0, 0.05) is 6.54 Å². The summed E-state index contributed by atoms with van der Waals surface area (Å²) in [4.78, 5) is 20.0. The van der Waals surface area contributed by atoms with E-state index in [1.165, 1.54) is 0 Å². The van der Waals surface area contributed by atoms with Crippen LogP contribution in [0, 0.1) is 5.82 Å². The van der Waals surface area contributed by atoms with Crippen LogP contribution in [0.15, 0.2) is 29.2 Å². The molecular weight excluding hydrogens is 334 g/mol. The molecule has 12 heteroatoms. The number of sulfonamides is 1. The van der Waals surface area contributed by atoms with Crippen LogP contribution in [-0.2, 0) is 19.1 Å². The molecule has 0 heterocycles. The summed E-state index contributed by atoms with van der Waals surface area (Å²) in [5.41, 5.74) is 0. The average Bonchev–Trinajstić information content (AvgIpc) is 2.24. The summed E-state index contributed by atoms with van der Waals surface area (Å²) >= 11 is 0. The Morgan fingerprint density at radius 3 is 2.15 bits per heavy atom. The van der Waals surface area contributed by atoms with Crippen molar-refractivity contribution in [3.8, 4) is 0 Å². The summed E-state index contributed by atoms with van der Waals surface area (Å²) in [6.07, 6.45) is 0. The van der Waals surface area contributed by atoms with Crippen molar-refractivity contribution in [2.45, 2.75) is 4.90 Å². The van der Waals surface area contributed by atoms with Gasteiger partial charge in [-0.25, -0.2) is 17.5 Å². The molecule has 0 atom stereocenters. The van der Waals surface area contributed by atoms with Crippen LogP contribution in [0.4, 0.5) is 4.39 Å². The van der Waals surface area contributed by atoms with Crippen molar-refractivity contribution >= 4 is 17.8 Å². The van der Waals surface area contributed by atoms with Gasteiger partial charge in [-0.1, -0.05) is 0 Å². The van der Waals surface area contributed by atoms with Crippen LogP contribution in [-0.4, -0.2) is 21.6 Å². The van der Waals surface area contributed by atoms with E-state index in [-0.39, 0.29) is 64.0 Å². The first kappa shape index (κ1) is 23.4. The van der Waals surface area contributed by atoms with E-state index >= 15 is 0 Å². The minimum absolute atomic E-state index is 0. The van der Waals surface area contributed by atoms with E-state index < -0.39 is 36.8 Å². The molecule has 0 aromatic heterocycles. The minimum Gasteiger partial charge on any atom is -0.790 e. The quantitative estimate of drug-likeness (QED) is 0.312. The van der Waals surface area contributed by atoms with Crippen LogP contribution in [0.2, 0.25) is 0 Å². The minimum atomic E-state index is -5.11. The predicted molar refractivity (Wildman–Crippen MR) is 55.1 cm³/mol. The molecule has 102 valence electrons. The summed E-state index contributed by atoms with van der Waals surface area (Å²) < 4.78 is 51.6. The van der Waals surface area contributed by atoms with Crippen molar-refractivity contribution in [2.24, 2.45) is 0 Å². The van der Waals surface area contributed by atoms with Crippen molar-refractivity contribution < 1.29 is 90.8 Å². The zero-order valence-electron chi connectivity index (χ0n) is 10.9. The van der Waals surface area contributed by atoms with Crippen LogP contribution < -0.4 is 73.6 Å². The van der Waals surface area contributed by atoms with Gasteiger partial charge in [-0.15, -0.1) is 0 Å². The van der Waals surface area contributed by atoms with Gasteiger partial charge in [0.15, 0.2) is 0 Å². The molecule has 0 aliphatic carbocycles. The van der Waals surface area contributed by atoms with Gasteiger partial charge in [0.1, 0.15) is 5.82 Å². The predicted octanol–water partition coefficient (Wildman–Crippen LogP) is -7.04. The number of halogens is 1. The number of phosphoric ester groups is 1. The molecule has 0 bridgehead atoms. The molecule has 0 spiro atoms. The number of hydrogen-bond donors (Lipinski definition) is 1. The SMILES string of the molecule is O=P([O-])([O-])OCCNS(=O)(=O)c1ccc(F)cc1.[Na+].[Na+]. The molecular formula is C8H9FNNa2O6PS. The van der Waals surface area contributed by atoms with E-state index in [1.54, 1.807) is 0 Å².